The van der Waals surface area contributed by atoms with Crippen molar-refractivity contribution in [3.63, 3.8) is 0 Å². The Morgan fingerprint density at radius 1 is 1.50 bits per heavy atom. The molecule has 0 aliphatic heterocycles. The summed E-state index contributed by atoms with van der Waals surface area (Å²) in [6.45, 7) is 5.06. The van der Waals surface area contributed by atoms with Gasteiger partial charge in [0.05, 0.1) is 18.1 Å². The lowest BCUT2D eigenvalue weighted by Crippen LogP contribution is -2.10. The van der Waals surface area contributed by atoms with E-state index in [-0.39, 0.29) is 5.56 Å². The number of hydrogen-bond acceptors (Lipinski definition) is 5. The van der Waals surface area contributed by atoms with Crippen molar-refractivity contribution in [3.05, 3.63) is 46.5 Å². The van der Waals surface area contributed by atoms with E-state index >= 15 is 0 Å². The molecule has 0 aliphatic rings. The van der Waals surface area contributed by atoms with Crippen molar-refractivity contribution in [2.24, 2.45) is 0 Å². The number of nitrogens with one attached hydrogen (secondary N) is 1. The lowest BCUT2D eigenvalue weighted by molar-refractivity contribution is -0.385. The SMILES string of the molecule is C=CCCOCCNc1ccc(C(=O)O)c([N+](=O)[O-])c1. The summed E-state index contributed by atoms with van der Waals surface area (Å²) in [6.07, 6.45) is 2.51. The standard InChI is InChI=1S/C13H16N2O5/c1-2-3-7-20-8-6-14-10-4-5-11(13(16)17)12(9-10)15(18)19/h2,4-5,9,14H,1,3,6-8H2,(H,16,17). The van der Waals surface area contributed by atoms with Crippen LogP contribution in [0, 0.1) is 10.1 Å². The largest absolute Gasteiger partial charge is 0.477 e. The Balaban J connectivity index is 2.59. The monoisotopic (exact) mass is 280 g/mol. The van der Waals surface area contributed by atoms with Gasteiger partial charge in [-0.3, -0.25) is 10.1 Å². The molecule has 2 N–H and O–H groups in total. The average Bonchev–Trinajstić information content (AvgIpc) is 2.42. The number of nitro benzene ring substituents is 1. The lowest BCUT2D eigenvalue weighted by atomic mass is 10.1. The molecule has 0 heterocycles. The number of aromatic carboxylic acids is 1. The summed E-state index contributed by atoms with van der Waals surface area (Å²) in [7, 11) is 0. The number of nitrogens with zero attached hydrogens (tertiary/aromatic N) is 1. The molecule has 0 radical (unpaired) electrons. The minimum absolute atomic E-state index is 0.331. The van der Waals surface area contributed by atoms with Gasteiger partial charge in [0.15, 0.2) is 0 Å². The molecule has 1 rings (SSSR count). The molecule has 0 saturated heterocycles. The highest BCUT2D eigenvalue weighted by Gasteiger charge is 2.19. The third kappa shape index (κ3) is 4.69. The maximum Gasteiger partial charge on any atom is 0.342 e. The second-order valence-corrected chi connectivity index (χ2v) is 3.91. The fourth-order valence-electron chi connectivity index (χ4n) is 1.51. The van der Waals surface area contributed by atoms with Crippen molar-refractivity contribution in [1.82, 2.24) is 0 Å². The van der Waals surface area contributed by atoms with Crippen LogP contribution < -0.4 is 5.32 Å². The number of hydrogen-bond donors (Lipinski definition) is 2. The normalized spacial score (nSPS) is 10.0. The molecule has 0 aliphatic carbocycles. The van der Waals surface area contributed by atoms with Crippen LogP contribution >= 0.6 is 0 Å². The molecule has 0 bridgehead atoms. The minimum Gasteiger partial charge on any atom is -0.477 e. The number of carboxylic acid groups (broad SMARTS) is 1. The molecule has 1 aromatic rings. The van der Waals surface area contributed by atoms with E-state index in [2.05, 4.69) is 11.9 Å². The third-order valence-electron chi connectivity index (χ3n) is 2.47. The summed E-state index contributed by atoms with van der Waals surface area (Å²) in [6, 6.07) is 3.90. The molecule has 1 aromatic carbocycles. The van der Waals surface area contributed by atoms with E-state index in [4.69, 9.17) is 9.84 Å². The Morgan fingerprint density at radius 2 is 2.25 bits per heavy atom. The van der Waals surface area contributed by atoms with E-state index in [1.54, 1.807) is 6.08 Å². The first kappa shape index (κ1) is 15.6. The first-order chi connectivity index (χ1) is 9.56. The molecule has 0 spiro atoms. The van der Waals surface area contributed by atoms with Gasteiger partial charge < -0.3 is 15.2 Å². The maximum absolute atomic E-state index is 10.8. The van der Waals surface area contributed by atoms with Crippen LogP contribution in [0.5, 0.6) is 0 Å². The van der Waals surface area contributed by atoms with E-state index in [0.717, 1.165) is 6.42 Å². The van der Waals surface area contributed by atoms with Crippen LogP contribution in [0.15, 0.2) is 30.9 Å². The highest BCUT2D eigenvalue weighted by Crippen LogP contribution is 2.23. The molecular formula is C13H16N2O5. The van der Waals surface area contributed by atoms with Crippen LogP contribution in [0.25, 0.3) is 0 Å². The Labute approximate surface area is 116 Å². The highest BCUT2D eigenvalue weighted by atomic mass is 16.6. The van der Waals surface area contributed by atoms with Gasteiger partial charge in [0.25, 0.3) is 5.69 Å². The fraction of sp³-hybridized carbons (Fsp3) is 0.308. The molecule has 20 heavy (non-hydrogen) atoms. The first-order valence-corrected chi connectivity index (χ1v) is 6.00. The van der Waals surface area contributed by atoms with E-state index in [9.17, 15) is 14.9 Å². The van der Waals surface area contributed by atoms with Crippen molar-refractivity contribution in [2.45, 2.75) is 6.42 Å². The lowest BCUT2D eigenvalue weighted by Gasteiger charge is -2.07. The number of anilines is 1. The molecule has 0 saturated carbocycles. The van der Waals surface area contributed by atoms with Gasteiger partial charge in [-0.1, -0.05) is 6.08 Å². The van der Waals surface area contributed by atoms with Gasteiger partial charge in [-0.15, -0.1) is 6.58 Å². The number of carbonyl (C=O) groups is 1. The highest BCUT2D eigenvalue weighted by molar-refractivity contribution is 5.93. The van der Waals surface area contributed by atoms with E-state index in [1.807, 2.05) is 0 Å². The Bertz CT molecular complexity index is 502. The van der Waals surface area contributed by atoms with Gasteiger partial charge in [-0.25, -0.2) is 4.79 Å². The molecule has 108 valence electrons. The zero-order valence-corrected chi connectivity index (χ0v) is 10.9. The summed E-state index contributed by atoms with van der Waals surface area (Å²) in [5.74, 6) is -1.32. The van der Waals surface area contributed by atoms with Gasteiger partial charge in [-0.2, -0.15) is 0 Å². The van der Waals surface area contributed by atoms with E-state index in [1.165, 1.54) is 18.2 Å². The third-order valence-corrected chi connectivity index (χ3v) is 2.47. The van der Waals surface area contributed by atoms with Crippen molar-refractivity contribution in [1.29, 1.82) is 0 Å². The topological polar surface area (TPSA) is 102 Å². The smallest absolute Gasteiger partial charge is 0.342 e. The Kier molecular flexibility index (Phi) is 6.18. The molecule has 0 atom stereocenters. The molecule has 0 aromatic heterocycles. The summed E-state index contributed by atoms with van der Waals surface area (Å²) in [5, 5.41) is 22.6. The van der Waals surface area contributed by atoms with Crippen LogP contribution in [0.4, 0.5) is 11.4 Å². The summed E-state index contributed by atoms with van der Waals surface area (Å²) < 4.78 is 5.27. The summed E-state index contributed by atoms with van der Waals surface area (Å²) in [5.41, 5.74) is -0.285. The van der Waals surface area contributed by atoms with Crippen LogP contribution in [0.1, 0.15) is 16.8 Å². The molecule has 7 nitrogen and oxygen atoms in total. The van der Waals surface area contributed by atoms with Crippen molar-refractivity contribution in [3.8, 4) is 0 Å². The molecule has 7 heteroatoms. The molecule has 0 amide bonds. The van der Waals surface area contributed by atoms with Crippen LogP contribution in [-0.4, -0.2) is 35.8 Å². The van der Waals surface area contributed by atoms with Crippen LogP contribution in [0.3, 0.4) is 0 Å². The summed E-state index contributed by atoms with van der Waals surface area (Å²) in [4.78, 5) is 20.9. The van der Waals surface area contributed by atoms with Gasteiger partial charge in [0.2, 0.25) is 0 Å². The number of rotatable bonds is 9. The van der Waals surface area contributed by atoms with Gasteiger partial charge in [0.1, 0.15) is 5.56 Å². The Hall–Kier alpha value is -2.41. The van der Waals surface area contributed by atoms with E-state index < -0.39 is 16.6 Å². The zero-order valence-electron chi connectivity index (χ0n) is 10.9. The second-order valence-electron chi connectivity index (χ2n) is 3.91. The summed E-state index contributed by atoms with van der Waals surface area (Å²) >= 11 is 0. The van der Waals surface area contributed by atoms with Crippen LogP contribution in [0.2, 0.25) is 0 Å². The number of benzene rings is 1. The second kappa shape index (κ2) is 7.90. The number of ether oxygens (including phenoxy) is 1. The first-order valence-electron chi connectivity index (χ1n) is 6.00. The van der Waals surface area contributed by atoms with Crippen molar-refractivity contribution >= 4 is 17.3 Å². The van der Waals surface area contributed by atoms with Crippen molar-refractivity contribution < 1.29 is 19.6 Å². The average molecular weight is 280 g/mol. The fourth-order valence-corrected chi connectivity index (χ4v) is 1.51. The predicted molar refractivity (Wildman–Crippen MR) is 74.2 cm³/mol. The minimum atomic E-state index is -1.32. The molecule has 0 fully saturated rings. The molecule has 0 unspecified atom stereocenters. The Morgan fingerprint density at radius 3 is 2.85 bits per heavy atom. The molecular weight excluding hydrogens is 264 g/mol. The number of carboxylic acids is 1. The van der Waals surface area contributed by atoms with E-state index in [0.29, 0.717) is 25.4 Å². The van der Waals surface area contributed by atoms with Gasteiger partial charge >= 0.3 is 5.97 Å². The quantitative estimate of drug-likeness (QED) is 0.311. The number of nitro groups is 1. The maximum atomic E-state index is 10.8. The zero-order chi connectivity index (χ0) is 15.0. The predicted octanol–water partition coefficient (Wildman–Crippen LogP) is 2.30. The van der Waals surface area contributed by atoms with Crippen molar-refractivity contribution in [2.75, 3.05) is 25.1 Å². The van der Waals surface area contributed by atoms with Gasteiger partial charge in [0, 0.05) is 18.3 Å². The van der Waals surface area contributed by atoms with Gasteiger partial charge in [-0.05, 0) is 18.6 Å². The van der Waals surface area contributed by atoms with Crippen LogP contribution in [-0.2, 0) is 4.74 Å².